The van der Waals surface area contributed by atoms with Crippen LogP contribution in [-0.2, 0) is 34.2 Å². The molecule has 0 radical (unpaired) electrons. The number of anilines is 1. The summed E-state index contributed by atoms with van der Waals surface area (Å²) in [4.78, 5) is 12.1. The van der Waals surface area contributed by atoms with E-state index in [0.717, 1.165) is 36.0 Å². The van der Waals surface area contributed by atoms with Gasteiger partial charge in [0, 0.05) is 6.07 Å². The highest BCUT2D eigenvalue weighted by atomic mass is 32.2. The molecule has 0 saturated carbocycles. The van der Waals surface area contributed by atoms with Crippen LogP contribution in [0.4, 0.5) is 5.69 Å². The fourth-order valence-electron chi connectivity index (χ4n) is 4.01. The maximum absolute atomic E-state index is 12.8. The van der Waals surface area contributed by atoms with Crippen molar-refractivity contribution in [1.29, 1.82) is 0 Å². The van der Waals surface area contributed by atoms with E-state index in [1.54, 1.807) is 61.5 Å². The van der Waals surface area contributed by atoms with E-state index in [4.69, 9.17) is 9.47 Å². The molecule has 0 saturated heterocycles. The third kappa shape index (κ3) is 7.46. The van der Waals surface area contributed by atoms with Gasteiger partial charge in [-0.25, -0.2) is 13.2 Å². The van der Waals surface area contributed by atoms with Gasteiger partial charge in [-0.15, -0.1) is 0 Å². The number of hydrogen-bond donors (Lipinski definition) is 1. The van der Waals surface area contributed by atoms with E-state index in [1.165, 1.54) is 0 Å². The SMILES string of the molecule is CCOC(=O)c1ccc(CCCc2ccc(NS(=O)(=O)c3ccccc3)cc2OCc2ccccc2)cc1. The molecule has 4 aromatic carbocycles. The fourth-order valence-corrected chi connectivity index (χ4v) is 5.08. The predicted octanol–water partition coefficient (Wildman–Crippen LogP) is 6.42. The lowest BCUT2D eigenvalue weighted by Gasteiger charge is -2.15. The van der Waals surface area contributed by atoms with Crippen LogP contribution < -0.4 is 9.46 Å². The van der Waals surface area contributed by atoms with Crippen LogP contribution in [0.1, 0.15) is 40.4 Å². The summed E-state index contributed by atoms with van der Waals surface area (Å²) in [6.07, 6.45) is 2.43. The number of hydrogen-bond acceptors (Lipinski definition) is 5. The van der Waals surface area contributed by atoms with Crippen molar-refractivity contribution in [2.24, 2.45) is 0 Å². The molecule has 0 heterocycles. The van der Waals surface area contributed by atoms with E-state index >= 15 is 0 Å². The topological polar surface area (TPSA) is 81.7 Å². The minimum absolute atomic E-state index is 0.199. The first-order chi connectivity index (χ1) is 18.4. The summed E-state index contributed by atoms with van der Waals surface area (Å²) in [6.45, 7) is 2.51. The van der Waals surface area contributed by atoms with Gasteiger partial charge >= 0.3 is 5.97 Å². The van der Waals surface area contributed by atoms with E-state index in [0.29, 0.717) is 30.2 Å². The second-order valence-electron chi connectivity index (χ2n) is 8.79. The van der Waals surface area contributed by atoms with Crippen LogP contribution in [0.2, 0.25) is 0 Å². The Morgan fingerprint density at radius 3 is 2.16 bits per heavy atom. The molecule has 0 aliphatic carbocycles. The smallest absolute Gasteiger partial charge is 0.338 e. The number of aryl methyl sites for hydroxylation is 2. The van der Waals surface area contributed by atoms with Crippen LogP contribution in [0, 0.1) is 0 Å². The lowest BCUT2D eigenvalue weighted by molar-refractivity contribution is 0.0526. The van der Waals surface area contributed by atoms with Gasteiger partial charge in [-0.1, -0.05) is 66.7 Å². The maximum atomic E-state index is 12.8. The molecule has 0 bridgehead atoms. The third-order valence-corrected chi connectivity index (χ3v) is 7.38. The van der Waals surface area contributed by atoms with E-state index in [9.17, 15) is 13.2 Å². The molecule has 4 aromatic rings. The molecular weight excluding hydrogens is 498 g/mol. The minimum Gasteiger partial charge on any atom is -0.489 e. The maximum Gasteiger partial charge on any atom is 0.338 e. The van der Waals surface area contributed by atoms with Gasteiger partial charge in [0.15, 0.2) is 0 Å². The molecule has 4 rings (SSSR count). The molecule has 0 amide bonds. The van der Waals surface area contributed by atoms with Crippen LogP contribution in [0.15, 0.2) is 108 Å². The van der Waals surface area contributed by atoms with Gasteiger partial charge in [-0.2, -0.15) is 0 Å². The Bertz CT molecular complexity index is 1440. The summed E-state index contributed by atoms with van der Waals surface area (Å²) < 4.78 is 39.5. The summed E-state index contributed by atoms with van der Waals surface area (Å²) in [5.74, 6) is 0.321. The monoisotopic (exact) mass is 529 g/mol. The summed E-state index contributed by atoms with van der Waals surface area (Å²) in [6, 6.07) is 31.0. The van der Waals surface area contributed by atoms with Gasteiger partial charge in [0.1, 0.15) is 12.4 Å². The molecular formula is C31H31NO5S. The third-order valence-electron chi connectivity index (χ3n) is 5.99. The van der Waals surface area contributed by atoms with Crippen molar-refractivity contribution >= 4 is 21.7 Å². The number of carbonyl (C=O) groups is 1. The van der Waals surface area contributed by atoms with Gasteiger partial charge < -0.3 is 9.47 Å². The zero-order chi connectivity index (χ0) is 26.8. The van der Waals surface area contributed by atoms with Gasteiger partial charge in [-0.3, -0.25) is 4.72 Å². The number of carbonyl (C=O) groups excluding carboxylic acids is 1. The molecule has 38 heavy (non-hydrogen) atoms. The Labute approximate surface area is 224 Å². The first-order valence-electron chi connectivity index (χ1n) is 12.6. The highest BCUT2D eigenvalue weighted by molar-refractivity contribution is 7.92. The number of sulfonamides is 1. The molecule has 6 nitrogen and oxygen atoms in total. The Morgan fingerprint density at radius 1 is 0.789 bits per heavy atom. The van der Waals surface area contributed by atoms with Gasteiger partial charge in [0.2, 0.25) is 0 Å². The Hall–Kier alpha value is -4.10. The molecule has 0 unspecified atom stereocenters. The molecule has 0 aliphatic heterocycles. The molecule has 0 fully saturated rings. The molecule has 0 spiro atoms. The second kappa shape index (κ2) is 12.9. The zero-order valence-electron chi connectivity index (χ0n) is 21.3. The molecule has 1 N–H and O–H groups in total. The van der Waals surface area contributed by atoms with Gasteiger partial charge in [0.05, 0.1) is 22.8 Å². The fraction of sp³-hybridized carbons (Fsp3) is 0.194. The number of esters is 1. The van der Waals surface area contributed by atoms with Crippen LogP contribution in [-0.4, -0.2) is 21.0 Å². The standard InChI is InChI=1S/C31H31NO5S/c1-2-36-31(33)27-18-16-24(17-19-27)12-9-13-26-20-21-28(32-38(34,35)29-14-7-4-8-15-29)22-30(26)37-23-25-10-5-3-6-11-25/h3-8,10-11,14-22,32H,2,9,12-13,23H2,1H3. The summed E-state index contributed by atoms with van der Waals surface area (Å²) in [5, 5.41) is 0. The van der Waals surface area contributed by atoms with Crippen molar-refractivity contribution < 1.29 is 22.7 Å². The Morgan fingerprint density at radius 2 is 1.47 bits per heavy atom. The van der Waals surface area contributed by atoms with Crippen molar-refractivity contribution in [3.05, 3.63) is 125 Å². The van der Waals surface area contributed by atoms with E-state index in [1.807, 2.05) is 48.5 Å². The van der Waals surface area contributed by atoms with Crippen LogP contribution in [0.25, 0.3) is 0 Å². The predicted molar refractivity (Wildman–Crippen MR) is 149 cm³/mol. The summed E-state index contributed by atoms with van der Waals surface area (Å²) >= 11 is 0. The van der Waals surface area contributed by atoms with E-state index in [2.05, 4.69) is 4.72 Å². The average molecular weight is 530 g/mol. The first kappa shape index (κ1) is 26.9. The van der Waals surface area contributed by atoms with Crippen LogP contribution >= 0.6 is 0 Å². The number of nitrogens with one attached hydrogen (secondary N) is 1. The molecule has 7 heteroatoms. The molecule has 0 aliphatic rings. The van der Waals surface area contributed by atoms with E-state index in [-0.39, 0.29) is 10.9 Å². The van der Waals surface area contributed by atoms with Gasteiger partial charge in [-0.05, 0) is 73.2 Å². The molecule has 196 valence electrons. The van der Waals surface area contributed by atoms with Crippen LogP contribution in [0.5, 0.6) is 5.75 Å². The van der Waals surface area contributed by atoms with Crippen molar-refractivity contribution in [2.75, 3.05) is 11.3 Å². The summed E-state index contributed by atoms with van der Waals surface area (Å²) in [5.41, 5.74) is 4.12. The van der Waals surface area contributed by atoms with Crippen molar-refractivity contribution in [3.8, 4) is 5.75 Å². The number of ether oxygens (including phenoxy) is 2. The second-order valence-corrected chi connectivity index (χ2v) is 10.5. The summed E-state index contributed by atoms with van der Waals surface area (Å²) in [7, 11) is -3.71. The quantitative estimate of drug-likeness (QED) is 0.214. The average Bonchev–Trinajstić information content (AvgIpc) is 2.94. The van der Waals surface area contributed by atoms with Crippen molar-refractivity contribution in [1.82, 2.24) is 0 Å². The lowest BCUT2D eigenvalue weighted by atomic mass is 10.0. The number of rotatable bonds is 12. The largest absolute Gasteiger partial charge is 0.489 e. The zero-order valence-corrected chi connectivity index (χ0v) is 22.1. The molecule has 0 aromatic heterocycles. The van der Waals surface area contributed by atoms with Crippen molar-refractivity contribution in [3.63, 3.8) is 0 Å². The minimum atomic E-state index is -3.71. The highest BCUT2D eigenvalue weighted by Gasteiger charge is 2.15. The highest BCUT2D eigenvalue weighted by Crippen LogP contribution is 2.28. The molecule has 0 atom stereocenters. The number of benzene rings is 4. The van der Waals surface area contributed by atoms with Gasteiger partial charge in [0.25, 0.3) is 10.0 Å². The normalized spacial score (nSPS) is 11.1. The van der Waals surface area contributed by atoms with E-state index < -0.39 is 10.0 Å². The Kier molecular flexibility index (Phi) is 9.16. The lowest BCUT2D eigenvalue weighted by Crippen LogP contribution is -2.13. The van der Waals surface area contributed by atoms with Crippen LogP contribution in [0.3, 0.4) is 0 Å². The first-order valence-corrected chi connectivity index (χ1v) is 14.1. The Balaban J connectivity index is 1.46. The van der Waals surface area contributed by atoms with Crippen molar-refractivity contribution in [2.45, 2.75) is 37.7 Å².